The molecule has 0 bridgehead atoms. The van der Waals surface area contributed by atoms with E-state index in [9.17, 15) is 9.59 Å². The van der Waals surface area contributed by atoms with Gasteiger partial charge in [0, 0.05) is 12.6 Å². The van der Waals surface area contributed by atoms with Gasteiger partial charge in [0.2, 0.25) is 0 Å². The number of nitrogens with one attached hydrogen (secondary N) is 2. The predicted octanol–water partition coefficient (Wildman–Crippen LogP) is 3.47. The number of ether oxygens (including phenoxy) is 1. The summed E-state index contributed by atoms with van der Waals surface area (Å²) in [4.78, 5) is 29.2. The number of pyridine rings is 1. The van der Waals surface area contributed by atoms with E-state index >= 15 is 0 Å². The number of carbonyl (C=O) groups excluding carboxylic acids is 2. The van der Waals surface area contributed by atoms with E-state index in [2.05, 4.69) is 15.6 Å². The number of aromatic nitrogens is 1. The van der Waals surface area contributed by atoms with Crippen LogP contribution in [0.5, 0.6) is 5.75 Å². The molecule has 0 radical (unpaired) electrons. The van der Waals surface area contributed by atoms with Crippen LogP contribution in [0, 0.1) is 0 Å². The number of hydrogen-bond donors (Lipinski definition) is 2. The predicted molar refractivity (Wildman–Crippen MR) is 107 cm³/mol. The molecule has 0 aliphatic heterocycles. The Bertz CT molecular complexity index is 797. The fourth-order valence-electron chi connectivity index (χ4n) is 3.39. The van der Waals surface area contributed by atoms with Gasteiger partial charge >= 0.3 is 0 Å². The molecule has 1 aromatic carbocycles. The summed E-state index contributed by atoms with van der Waals surface area (Å²) in [5.41, 5.74) is 1.47. The van der Waals surface area contributed by atoms with Crippen LogP contribution in [0.25, 0.3) is 0 Å². The van der Waals surface area contributed by atoms with Gasteiger partial charge in [-0.2, -0.15) is 0 Å². The number of rotatable bonds is 6. The number of carbonyl (C=O) groups is 2. The Balaban J connectivity index is 1.57. The summed E-state index contributed by atoms with van der Waals surface area (Å²) in [7, 11) is 1.61. The van der Waals surface area contributed by atoms with Gasteiger partial charge in [0.15, 0.2) is 0 Å². The molecule has 2 N–H and O–H groups in total. The Morgan fingerprint density at radius 2 is 1.61 bits per heavy atom. The maximum Gasteiger partial charge on any atom is 0.270 e. The van der Waals surface area contributed by atoms with Crippen molar-refractivity contribution in [3.8, 4) is 5.75 Å². The Morgan fingerprint density at radius 3 is 2.25 bits per heavy atom. The van der Waals surface area contributed by atoms with Crippen molar-refractivity contribution in [1.82, 2.24) is 15.6 Å². The standard InChI is InChI=1S/C22H27N3O3/c1-28-18-13-11-16(12-14-18)15-23-21(26)19-9-6-10-20(25-19)22(27)24-17-7-4-2-3-5-8-17/h6,9-14,17H,2-5,7-8,15H2,1H3,(H,23,26)(H,24,27). The van der Waals surface area contributed by atoms with Crippen molar-refractivity contribution in [1.29, 1.82) is 0 Å². The topological polar surface area (TPSA) is 80.3 Å². The maximum absolute atomic E-state index is 12.5. The molecule has 148 valence electrons. The van der Waals surface area contributed by atoms with Gasteiger partial charge in [-0.15, -0.1) is 0 Å². The van der Waals surface area contributed by atoms with E-state index < -0.39 is 0 Å². The molecule has 2 amide bonds. The van der Waals surface area contributed by atoms with Gasteiger partial charge < -0.3 is 15.4 Å². The molecule has 0 atom stereocenters. The highest BCUT2D eigenvalue weighted by molar-refractivity contribution is 5.96. The molecule has 6 nitrogen and oxygen atoms in total. The summed E-state index contributed by atoms with van der Waals surface area (Å²) in [6.07, 6.45) is 6.77. The van der Waals surface area contributed by atoms with Crippen molar-refractivity contribution in [3.05, 3.63) is 59.4 Å². The number of methoxy groups -OCH3 is 1. The van der Waals surface area contributed by atoms with E-state index in [-0.39, 0.29) is 29.2 Å². The van der Waals surface area contributed by atoms with Crippen LogP contribution >= 0.6 is 0 Å². The Hall–Kier alpha value is -2.89. The zero-order chi connectivity index (χ0) is 19.8. The zero-order valence-corrected chi connectivity index (χ0v) is 16.2. The average Bonchev–Trinajstić information content (AvgIpc) is 3.01. The fourth-order valence-corrected chi connectivity index (χ4v) is 3.39. The molecule has 1 heterocycles. The largest absolute Gasteiger partial charge is 0.497 e. The van der Waals surface area contributed by atoms with Crippen LogP contribution < -0.4 is 15.4 Å². The minimum atomic E-state index is -0.306. The van der Waals surface area contributed by atoms with Crippen molar-refractivity contribution in [2.75, 3.05) is 7.11 Å². The first-order valence-corrected chi connectivity index (χ1v) is 9.85. The lowest BCUT2D eigenvalue weighted by Gasteiger charge is -2.16. The highest BCUT2D eigenvalue weighted by atomic mass is 16.5. The summed E-state index contributed by atoms with van der Waals surface area (Å²) >= 11 is 0. The quantitative estimate of drug-likeness (QED) is 0.751. The zero-order valence-electron chi connectivity index (χ0n) is 16.2. The molecule has 0 unspecified atom stereocenters. The van der Waals surface area contributed by atoms with Crippen molar-refractivity contribution in [2.45, 2.75) is 51.1 Å². The Kier molecular flexibility index (Phi) is 7.00. The van der Waals surface area contributed by atoms with Crippen LogP contribution in [0.1, 0.15) is 65.1 Å². The number of amides is 2. The number of nitrogens with zero attached hydrogens (tertiary/aromatic N) is 1. The van der Waals surface area contributed by atoms with E-state index in [0.717, 1.165) is 37.0 Å². The molecule has 28 heavy (non-hydrogen) atoms. The summed E-state index contributed by atoms with van der Waals surface area (Å²) in [5, 5.41) is 5.90. The summed E-state index contributed by atoms with van der Waals surface area (Å²) in [6.45, 7) is 0.378. The molecule has 6 heteroatoms. The molecule has 1 aliphatic rings. The van der Waals surface area contributed by atoms with Crippen LogP contribution in [-0.4, -0.2) is 29.9 Å². The van der Waals surface area contributed by atoms with E-state index in [1.807, 2.05) is 24.3 Å². The average molecular weight is 381 g/mol. The second-order valence-electron chi connectivity index (χ2n) is 7.10. The summed E-state index contributed by atoms with van der Waals surface area (Å²) in [6, 6.07) is 12.6. The fraction of sp³-hybridized carbons (Fsp3) is 0.409. The van der Waals surface area contributed by atoms with Crippen LogP contribution in [0.15, 0.2) is 42.5 Å². The minimum Gasteiger partial charge on any atom is -0.497 e. The van der Waals surface area contributed by atoms with Gasteiger partial charge in [-0.25, -0.2) is 4.98 Å². The van der Waals surface area contributed by atoms with Gasteiger partial charge in [0.25, 0.3) is 11.8 Å². The normalized spacial score (nSPS) is 14.8. The van der Waals surface area contributed by atoms with E-state index in [1.165, 1.54) is 12.8 Å². The highest BCUT2D eigenvalue weighted by Crippen LogP contribution is 2.17. The Labute approximate surface area is 165 Å². The van der Waals surface area contributed by atoms with Gasteiger partial charge in [0.05, 0.1) is 7.11 Å². The summed E-state index contributed by atoms with van der Waals surface area (Å²) < 4.78 is 5.13. The van der Waals surface area contributed by atoms with E-state index in [1.54, 1.807) is 25.3 Å². The van der Waals surface area contributed by atoms with Gasteiger partial charge in [-0.1, -0.05) is 43.9 Å². The van der Waals surface area contributed by atoms with Crippen molar-refractivity contribution in [3.63, 3.8) is 0 Å². The first-order chi connectivity index (χ1) is 13.7. The molecule has 1 saturated carbocycles. The third-order valence-corrected chi connectivity index (χ3v) is 5.02. The van der Waals surface area contributed by atoms with Crippen molar-refractivity contribution >= 4 is 11.8 Å². The first-order valence-electron chi connectivity index (χ1n) is 9.85. The van der Waals surface area contributed by atoms with Crippen molar-refractivity contribution in [2.24, 2.45) is 0 Å². The minimum absolute atomic E-state index is 0.198. The lowest BCUT2D eigenvalue weighted by atomic mass is 10.1. The Morgan fingerprint density at radius 1 is 0.964 bits per heavy atom. The molecular weight excluding hydrogens is 354 g/mol. The first kappa shape index (κ1) is 19.9. The lowest BCUT2D eigenvalue weighted by molar-refractivity contribution is 0.0927. The molecule has 1 aromatic heterocycles. The van der Waals surface area contributed by atoms with Gasteiger partial charge in [-0.3, -0.25) is 9.59 Å². The molecule has 0 spiro atoms. The van der Waals surface area contributed by atoms with Crippen LogP contribution in [0.3, 0.4) is 0 Å². The number of benzene rings is 1. The third kappa shape index (κ3) is 5.55. The van der Waals surface area contributed by atoms with Crippen molar-refractivity contribution < 1.29 is 14.3 Å². The van der Waals surface area contributed by atoms with Gasteiger partial charge in [0.1, 0.15) is 17.1 Å². The SMILES string of the molecule is COc1ccc(CNC(=O)c2cccc(C(=O)NC3CCCCCC3)n2)cc1. The van der Waals surface area contributed by atoms with E-state index in [4.69, 9.17) is 4.74 Å². The second-order valence-corrected chi connectivity index (χ2v) is 7.10. The lowest BCUT2D eigenvalue weighted by Crippen LogP contribution is -2.35. The molecule has 2 aromatic rings. The molecule has 1 aliphatic carbocycles. The third-order valence-electron chi connectivity index (χ3n) is 5.02. The molecule has 3 rings (SSSR count). The summed E-state index contributed by atoms with van der Waals surface area (Å²) in [5.74, 6) is 0.251. The molecular formula is C22H27N3O3. The smallest absolute Gasteiger partial charge is 0.270 e. The number of hydrogen-bond acceptors (Lipinski definition) is 4. The molecule has 1 fully saturated rings. The van der Waals surface area contributed by atoms with Crippen LogP contribution in [-0.2, 0) is 6.54 Å². The van der Waals surface area contributed by atoms with Gasteiger partial charge in [-0.05, 0) is 42.7 Å². The molecule has 0 saturated heterocycles. The van der Waals surface area contributed by atoms with Crippen LogP contribution in [0.4, 0.5) is 0 Å². The van der Waals surface area contributed by atoms with Crippen LogP contribution in [0.2, 0.25) is 0 Å². The highest BCUT2D eigenvalue weighted by Gasteiger charge is 2.17. The maximum atomic E-state index is 12.5. The van der Waals surface area contributed by atoms with E-state index in [0.29, 0.717) is 6.54 Å². The second kappa shape index (κ2) is 9.88. The monoisotopic (exact) mass is 381 g/mol.